The molecular weight excluding hydrogens is 382 g/mol. The van der Waals surface area contributed by atoms with Gasteiger partial charge >= 0.3 is 0 Å². The quantitative estimate of drug-likeness (QED) is 0.409. The summed E-state index contributed by atoms with van der Waals surface area (Å²) in [7, 11) is 0. The van der Waals surface area contributed by atoms with E-state index in [0.29, 0.717) is 24.4 Å². The van der Waals surface area contributed by atoms with Crippen molar-refractivity contribution in [3.63, 3.8) is 0 Å². The Morgan fingerprint density at radius 3 is 2.93 bits per heavy atom. The number of aromatic nitrogens is 7. The average Bonchev–Trinajstić information content (AvgIpc) is 3.45. The number of nitrogens with one attached hydrogen (secondary N) is 2. The van der Waals surface area contributed by atoms with E-state index in [-0.39, 0.29) is 11.6 Å². The number of nitrogen functional groups attached to an aromatic ring is 1. The van der Waals surface area contributed by atoms with Crippen LogP contribution in [0.5, 0.6) is 0 Å². The van der Waals surface area contributed by atoms with Gasteiger partial charge < -0.3 is 11.1 Å². The second kappa shape index (κ2) is 7.24. The Morgan fingerprint density at radius 1 is 1.20 bits per heavy atom. The molecule has 0 saturated carbocycles. The van der Waals surface area contributed by atoms with E-state index in [0.717, 1.165) is 27.5 Å². The topological polar surface area (TPSA) is 140 Å². The number of nitrogens with zero attached hydrogens (tertiary/aromatic N) is 6. The van der Waals surface area contributed by atoms with Gasteiger partial charge in [0.25, 0.3) is 5.91 Å². The Balaban J connectivity index is 1.40. The molecule has 4 aromatic heterocycles. The molecule has 1 amide bonds. The lowest BCUT2D eigenvalue weighted by Gasteiger charge is -2.04. The third kappa shape index (κ3) is 3.20. The van der Waals surface area contributed by atoms with Gasteiger partial charge in [0, 0.05) is 41.5 Å². The van der Waals surface area contributed by atoms with Gasteiger partial charge in [-0.2, -0.15) is 15.3 Å². The summed E-state index contributed by atoms with van der Waals surface area (Å²) in [5.74, 6) is 0.0800. The van der Waals surface area contributed by atoms with Crippen molar-refractivity contribution >= 4 is 33.5 Å². The van der Waals surface area contributed by atoms with Crippen molar-refractivity contribution in [3.05, 3.63) is 60.7 Å². The van der Waals surface area contributed by atoms with Crippen LogP contribution >= 0.6 is 0 Å². The number of nitrogens with two attached hydrogens (primary N) is 1. The first-order valence-corrected chi connectivity index (χ1v) is 9.31. The maximum Gasteiger partial charge on any atom is 0.271 e. The molecular formula is C20H17N9O. The number of anilines is 1. The second-order valence-electron chi connectivity index (χ2n) is 6.71. The van der Waals surface area contributed by atoms with Gasteiger partial charge in [-0.25, -0.2) is 4.98 Å². The number of carbonyl (C=O) groups is 1. The van der Waals surface area contributed by atoms with Crippen LogP contribution in [-0.4, -0.2) is 47.6 Å². The summed E-state index contributed by atoms with van der Waals surface area (Å²) in [5.41, 5.74) is 9.64. The lowest BCUT2D eigenvalue weighted by atomic mass is 10.1. The molecule has 0 fully saturated rings. The van der Waals surface area contributed by atoms with Gasteiger partial charge in [-0.1, -0.05) is 12.1 Å². The van der Waals surface area contributed by atoms with Crippen molar-refractivity contribution in [2.75, 3.05) is 12.3 Å². The molecule has 1 aromatic carbocycles. The predicted octanol–water partition coefficient (Wildman–Crippen LogP) is 1.78. The zero-order chi connectivity index (χ0) is 20.5. The number of hydrogen-bond donors (Lipinski definition) is 3. The summed E-state index contributed by atoms with van der Waals surface area (Å²) in [4.78, 5) is 16.6. The number of rotatable bonds is 5. The van der Waals surface area contributed by atoms with Gasteiger partial charge in [0.2, 0.25) is 0 Å². The van der Waals surface area contributed by atoms with Crippen LogP contribution in [-0.2, 0) is 6.54 Å². The van der Waals surface area contributed by atoms with Gasteiger partial charge in [-0.3, -0.25) is 14.6 Å². The van der Waals surface area contributed by atoms with Crippen LogP contribution in [0.2, 0.25) is 0 Å². The van der Waals surface area contributed by atoms with Crippen LogP contribution < -0.4 is 11.1 Å². The van der Waals surface area contributed by atoms with E-state index < -0.39 is 0 Å². The highest BCUT2D eigenvalue weighted by molar-refractivity contribution is 6.08. The first-order chi connectivity index (χ1) is 14.7. The molecule has 0 unspecified atom stereocenters. The Labute approximate surface area is 170 Å². The van der Waals surface area contributed by atoms with Gasteiger partial charge in [-0.05, 0) is 24.3 Å². The largest absolute Gasteiger partial charge is 0.382 e. The fourth-order valence-electron chi connectivity index (χ4n) is 3.33. The lowest BCUT2D eigenvalue weighted by Crippen LogP contribution is -2.28. The molecule has 0 bridgehead atoms. The van der Waals surface area contributed by atoms with Crippen molar-refractivity contribution in [3.8, 4) is 11.3 Å². The molecule has 0 aliphatic carbocycles. The molecule has 0 radical (unpaired) electrons. The maximum atomic E-state index is 12.1. The second-order valence-corrected chi connectivity index (χ2v) is 6.71. The molecule has 0 atom stereocenters. The number of pyridine rings is 1. The molecule has 0 aliphatic rings. The SMILES string of the molecule is Nc1nc2cc(-c3cc[nH]n3)ccc2c2cn(CCNC(=O)c3cccnn3)nc12. The molecule has 30 heavy (non-hydrogen) atoms. The normalized spacial score (nSPS) is 11.2. The number of hydrogen-bond acceptors (Lipinski definition) is 7. The Hall–Kier alpha value is -4.34. The molecule has 0 aliphatic heterocycles. The molecule has 5 aromatic rings. The summed E-state index contributed by atoms with van der Waals surface area (Å²) in [6.07, 6.45) is 5.21. The molecule has 10 heteroatoms. The van der Waals surface area contributed by atoms with E-state index in [1.165, 1.54) is 6.20 Å². The summed E-state index contributed by atoms with van der Waals surface area (Å²) >= 11 is 0. The molecule has 4 N–H and O–H groups in total. The van der Waals surface area contributed by atoms with Crippen molar-refractivity contribution in [1.29, 1.82) is 0 Å². The molecule has 0 saturated heterocycles. The number of aromatic amines is 1. The highest BCUT2D eigenvalue weighted by atomic mass is 16.1. The van der Waals surface area contributed by atoms with E-state index in [1.54, 1.807) is 23.0 Å². The average molecular weight is 399 g/mol. The number of H-pyrrole nitrogens is 1. The number of benzene rings is 1. The Morgan fingerprint density at radius 2 is 2.13 bits per heavy atom. The van der Waals surface area contributed by atoms with Crippen molar-refractivity contribution < 1.29 is 4.79 Å². The highest BCUT2D eigenvalue weighted by Crippen LogP contribution is 2.29. The van der Waals surface area contributed by atoms with Crippen molar-refractivity contribution in [2.45, 2.75) is 6.54 Å². The summed E-state index contributed by atoms with van der Waals surface area (Å²) in [5, 5.41) is 23.7. The minimum atomic E-state index is -0.280. The third-order valence-electron chi connectivity index (χ3n) is 4.76. The third-order valence-corrected chi connectivity index (χ3v) is 4.76. The zero-order valence-corrected chi connectivity index (χ0v) is 15.8. The number of carbonyl (C=O) groups excluding carboxylic acids is 1. The predicted molar refractivity (Wildman–Crippen MR) is 111 cm³/mol. The standard InChI is InChI=1S/C20H17N9O/c21-19-18-14(13-4-3-12(10-17(13)25-19)15-5-7-24-26-15)11-29(28-18)9-8-22-20(30)16-2-1-6-23-27-16/h1-7,10-11H,8-9H2,(H2,21,25)(H,22,30)(H,24,26). The first-order valence-electron chi connectivity index (χ1n) is 9.31. The highest BCUT2D eigenvalue weighted by Gasteiger charge is 2.13. The van der Waals surface area contributed by atoms with E-state index in [1.807, 2.05) is 30.5 Å². The van der Waals surface area contributed by atoms with Crippen LogP contribution in [0, 0.1) is 0 Å². The first kappa shape index (κ1) is 17.7. The lowest BCUT2D eigenvalue weighted by molar-refractivity contribution is 0.0946. The smallest absolute Gasteiger partial charge is 0.271 e. The van der Waals surface area contributed by atoms with Gasteiger partial charge in [0.15, 0.2) is 11.5 Å². The van der Waals surface area contributed by atoms with E-state index in [4.69, 9.17) is 5.73 Å². The van der Waals surface area contributed by atoms with Gasteiger partial charge in [0.05, 0.1) is 17.8 Å². The zero-order valence-electron chi connectivity index (χ0n) is 15.8. The van der Waals surface area contributed by atoms with Gasteiger partial charge in [0.1, 0.15) is 5.52 Å². The van der Waals surface area contributed by atoms with Crippen molar-refractivity contribution in [2.24, 2.45) is 0 Å². The molecule has 0 spiro atoms. The Kier molecular flexibility index (Phi) is 4.28. The van der Waals surface area contributed by atoms with Crippen LogP contribution in [0.1, 0.15) is 10.5 Å². The summed E-state index contributed by atoms with van der Waals surface area (Å²) < 4.78 is 1.75. The number of amides is 1. The van der Waals surface area contributed by atoms with Crippen LogP contribution in [0.3, 0.4) is 0 Å². The molecule has 4 heterocycles. The van der Waals surface area contributed by atoms with Gasteiger partial charge in [-0.15, -0.1) is 5.10 Å². The monoisotopic (exact) mass is 399 g/mol. The minimum Gasteiger partial charge on any atom is -0.382 e. The van der Waals surface area contributed by atoms with Crippen LogP contribution in [0.25, 0.3) is 33.1 Å². The Bertz CT molecular complexity index is 1340. The summed E-state index contributed by atoms with van der Waals surface area (Å²) in [6.45, 7) is 0.866. The van der Waals surface area contributed by atoms with Crippen LogP contribution in [0.15, 0.2) is 55.0 Å². The molecule has 148 valence electrons. The van der Waals surface area contributed by atoms with E-state index >= 15 is 0 Å². The van der Waals surface area contributed by atoms with Crippen molar-refractivity contribution in [1.82, 2.24) is 40.5 Å². The van der Waals surface area contributed by atoms with E-state index in [2.05, 4.69) is 35.8 Å². The number of fused-ring (bicyclic) bond motifs is 3. The molecule has 10 nitrogen and oxygen atoms in total. The maximum absolute atomic E-state index is 12.1. The van der Waals surface area contributed by atoms with Crippen LogP contribution in [0.4, 0.5) is 5.82 Å². The molecule has 5 rings (SSSR count). The van der Waals surface area contributed by atoms with E-state index in [9.17, 15) is 4.79 Å². The minimum absolute atomic E-state index is 0.273. The fraction of sp³-hybridized carbons (Fsp3) is 0.100. The summed E-state index contributed by atoms with van der Waals surface area (Å²) in [6, 6.07) is 11.1. The fourth-order valence-corrected chi connectivity index (χ4v) is 3.33.